The van der Waals surface area contributed by atoms with Gasteiger partial charge in [-0.15, -0.1) is 0 Å². The van der Waals surface area contributed by atoms with Crippen LogP contribution < -0.4 is 5.73 Å². The molecule has 2 N–H and O–H groups in total. The molecular formula is C13H14ClN3. The normalized spacial score (nSPS) is 10.5. The first kappa shape index (κ1) is 11.9. The van der Waals surface area contributed by atoms with E-state index >= 15 is 0 Å². The molecule has 0 bridgehead atoms. The summed E-state index contributed by atoms with van der Waals surface area (Å²) in [5.41, 5.74) is 7.84. The summed E-state index contributed by atoms with van der Waals surface area (Å²) in [4.78, 5) is 8.68. The third-order valence-corrected chi connectivity index (χ3v) is 2.74. The van der Waals surface area contributed by atoms with E-state index in [4.69, 9.17) is 17.3 Å². The highest BCUT2D eigenvalue weighted by molar-refractivity contribution is 6.30. The first-order valence-electron chi connectivity index (χ1n) is 5.54. The highest BCUT2D eigenvalue weighted by Crippen LogP contribution is 2.13. The van der Waals surface area contributed by atoms with Gasteiger partial charge in [-0.1, -0.05) is 30.7 Å². The van der Waals surface area contributed by atoms with E-state index in [-0.39, 0.29) is 0 Å². The summed E-state index contributed by atoms with van der Waals surface area (Å²) in [6.07, 6.45) is 1.54. The lowest BCUT2D eigenvalue weighted by molar-refractivity contribution is 0.911. The van der Waals surface area contributed by atoms with Crippen molar-refractivity contribution in [3.63, 3.8) is 0 Å². The summed E-state index contributed by atoms with van der Waals surface area (Å²) < 4.78 is 0. The number of hydrogen-bond donors (Lipinski definition) is 1. The molecule has 0 saturated carbocycles. The number of nitrogens with zero attached hydrogens (tertiary/aromatic N) is 2. The van der Waals surface area contributed by atoms with Gasteiger partial charge >= 0.3 is 0 Å². The van der Waals surface area contributed by atoms with E-state index in [0.717, 1.165) is 28.5 Å². The van der Waals surface area contributed by atoms with Gasteiger partial charge in [-0.05, 0) is 24.1 Å². The van der Waals surface area contributed by atoms with Crippen molar-refractivity contribution in [3.05, 3.63) is 52.4 Å². The van der Waals surface area contributed by atoms with Crippen LogP contribution in [0.5, 0.6) is 0 Å². The molecule has 0 radical (unpaired) electrons. The maximum absolute atomic E-state index is 5.84. The zero-order valence-electron chi connectivity index (χ0n) is 9.65. The molecule has 4 heteroatoms. The summed E-state index contributed by atoms with van der Waals surface area (Å²) in [5.74, 6) is 1.28. The van der Waals surface area contributed by atoms with Crippen molar-refractivity contribution < 1.29 is 0 Å². The number of anilines is 1. The number of benzene rings is 1. The number of rotatable bonds is 3. The molecular weight excluding hydrogens is 234 g/mol. The van der Waals surface area contributed by atoms with E-state index in [9.17, 15) is 0 Å². The monoisotopic (exact) mass is 247 g/mol. The van der Waals surface area contributed by atoms with Crippen LogP contribution in [-0.4, -0.2) is 9.97 Å². The molecule has 0 aliphatic rings. The van der Waals surface area contributed by atoms with E-state index in [1.165, 1.54) is 0 Å². The molecule has 0 amide bonds. The number of nitrogen functional groups attached to an aromatic ring is 1. The van der Waals surface area contributed by atoms with Crippen molar-refractivity contribution in [3.8, 4) is 0 Å². The minimum atomic E-state index is 0.529. The largest absolute Gasteiger partial charge is 0.384 e. The summed E-state index contributed by atoms with van der Waals surface area (Å²) >= 11 is 5.84. The molecule has 0 saturated heterocycles. The van der Waals surface area contributed by atoms with Gasteiger partial charge in [0, 0.05) is 23.2 Å². The van der Waals surface area contributed by atoms with E-state index < -0.39 is 0 Å². The Balaban J connectivity index is 2.23. The minimum absolute atomic E-state index is 0.529. The molecule has 0 aliphatic heterocycles. The third kappa shape index (κ3) is 3.17. The van der Waals surface area contributed by atoms with Crippen molar-refractivity contribution in [1.82, 2.24) is 9.97 Å². The third-order valence-electron chi connectivity index (χ3n) is 2.48. The van der Waals surface area contributed by atoms with E-state index in [1.807, 2.05) is 37.3 Å². The SMILES string of the molecule is CCc1cc(N)nc(Cc2ccc(Cl)cc2)n1. The molecule has 1 aromatic heterocycles. The lowest BCUT2D eigenvalue weighted by atomic mass is 10.1. The summed E-state index contributed by atoms with van der Waals surface area (Å²) in [5, 5.41) is 0.733. The lowest BCUT2D eigenvalue weighted by Crippen LogP contribution is -2.03. The number of aryl methyl sites for hydroxylation is 1. The van der Waals surface area contributed by atoms with E-state index in [1.54, 1.807) is 0 Å². The predicted octanol–water partition coefficient (Wildman–Crippen LogP) is 2.87. The quantitative estimate of drug-likeness (QED) is 0.907. The number of hydrogen-bond acceptors (Lipinski definition) is 3. The van der Waals surface area contributed by atoms with Gasteiger partial charge < -0.3 is 5.73 Å². The second-order valence-corrected chi connectivity index (χ2v) is 4.29. The van der Waals surface area contributed by atoms with Crippen LogP contribution in [0, 0.1) is 0 Å². The van der Waals surface area contributed by atoms with E-state index in [0.29, 0.717) is 12.2 Å². The Morgan fingerprint density at radius 1 is 1.18 bits per heavy atom. The van der Waals surface area contributed by atoms with Crippen molar-refractivity contribution >= 4 is 17.4 Å². The smallest absolute Gasteiger partial charge is 0.135 e. The van der Waals surface area contributed by atoms with Crippen LogP contribution in [-0.2, 0) is 12.8 Å². The molecule has 88 valence electrons. The summed E-state index contributed by atoms with van der Waals surface area (Å²) in [6.45, 7) is 2.05. The van der Waals surface area contributed by atoms with E-state index in [2.05, 4.69) is 9.97 Å². The molecule has 1 aromatic carbocycles. The fourth-order valence-corrected chi connectivity index (χ4v) is 1.75. The van der Waals surface area contributed by atoms with Crippen molar-refractivity contribution in [2.75, 3.05) is 5.73 Å². The van der Waals surface area contributed by atoms with Crippen LogP contribution in [0.4, 0.5) is 5.82 Å². The van der Waals surface area contributed by atoms with Crippen LogP contribution in [0.25, 0.3) is 0 Å². The second-order valence-electron chi connectivity index (χ2n) is 3.86. The molecule has 3 nitrogen and oxygen atoms in total. The molecule has 0 fully saturated rings. The van der Waals surface area contributed by atoms with Gasteiger partial charge in [0.15, 0.2) is 0 Å². The molecule has 1 heterocycles. The first-order valence-corrected chi connectivity index (χ1v) is 5.92. The first-order chi connectivity index (χ1) is 8.17. The van der Waals surface area contributed by atoms with Gasteiger partial charge in [0.05, 0.1) is 0 Å². The maximum Gasteiger partial charge on any atom is 0.135 e. The molecule has 0 unspecified atom stereocenters. The van der Waals surface area contributed by atoms with Crippen molar-refractivity contribution in [2.45, 2.75) is 19.8 Å². The Kier molecular flexibility index (Phi) is 3.59. The molecule has 0 aliphatic carbocycles. The molecule has 0 spiro atoms. The fourth-order valence-electron chi connectivity index (χ4n) is 1.62. The fraction of sp³-hybridized carbons (Fsp3) is 0.231. The average Bonchev–Trinajstić information content (AvgIpc) is 2.31. The van der Waals surface area contributed by atoms with Gasteiger partial charge in [-0.3, -0.25) is 0 Å². The van der Waals surface area contributed by atoms with Crippen LogP contribution in [0.15, 0.2) is 30.3 Å². The number of nitrogens with two attached hydrogens (primary N) is 1. The Morgan fingerprint density at radius 3 is 2.53 bits per heavy atom. The summed E-state index contributed by atoms with van der Waals surface area (Å²) in [6, 6.07) is 9.49. The molecule has 2 rings (SSSR count). The van der Waals surface area contributed by atoms with Gasteiger partial charge in [0.1, 0.15) is 11.6 Å². The minimum Gasteiger partial charge on any atom is -0.384 e. The van der Waals surface area contributed by atoms with Crippen LogP contribution in [0.1, 0.15) is 24.0 Å². The second kappa shape index (κ2) is 5.15. The zero-order valence-corrected chi connectivity index (χ0v) is 10.4. The lowest BCUT2D eigenvalue weighted by Gasteiger charge is -2.04. The Bertz CT molecular complexity index is 509. The zero-order chi connectivity index (χ0) is 12.3. The van der Waals surface area contributed by atoms with Crippen molar-refractivity contribution in [1.29, 1.82) is 0 Å². The molecule has 17 heavy (non-hydrogen) atoms. The van der Waals surface area contributed by atoms with Gasteiger partial charge in [-0.2, -0.15) is 0 Å². The number of halogens is 1. The van der Waals surface area contributed by atoms with Crippen LogP contribution >= 0.6 is 11.6 Å². The number of aromatic nitrogens is 2. The molecule has 2 aromatic rings. The maximum atomic E-state index is 5.84. The Labute approximate surface area is 106 Å². The highest BCUT2D eigenvalue weighted by Gasteiger charge is 2.03. The Hall–Kier alpha value is -1.61. The average molecular weight is 248 g/mol. The van der Waals surface area contributed by atoms with Gasteiger partial charge in [0.2, 0.25) is 0 Å². The topological polar surface area (TPSA) is 51.8 Å². The van der Waals surface area contributed by atoms with Gasteiger partial charge in [0.25, 0.3) is 0 Å². The van der Waals surface area contributed by atoms with Crippen molar-refractivity contribution in [2.24, 2.45) is 0 Å². The summed E-state index contributed by atoms with van der Waals surface area (Å²) in [7, 11) is 0. The van der Waals surface area contributed by atoms with Gasteiger partial charge in [-0.25, -0.2) is 9.97 Å². The van der Waals surface area contributed by atoms with Crippen LogP contribution in [0.3, 0.4) is 0 Å². The highest BCUT2D eigenvalue weighted by atomic mass is 35.5. The molecule has 0 atom stereocenters. The standard InChI is InChI=1S/C13H14ClN3/c1-2-11-8-12(15)17-13(16-11)7-9-3-5-10(14)6-4-9/h3-6,8H,2,7H2,1H3,(H2,15,16,17). The Morgan fingerprint density at radius 2 is 1.88 bits per heavy atom. The predicted molar refractivity (Wildman–Crippen MR) is 70.1 cm³/mol. The van der Waals surface area contributed by atoms with Crippen LogP contribution in [0.2, 0.25) is 5.02 Å².